The minimum atomic E-state index is -4.03. The van der Waals surface area contributed by atoms with Gasteiger partial charge in [-0.15, -0.1) is 0 Å². The first-order valence-corrected chi connectivity index (χ1v) is 9.76. The molecule has 25 heavy (non-hydrogen) atoms. The first-order chi connectivity index (χ1) is 11.8. The zero-order valence-electron chi connectivity index (χ0n) is 13.3. The smallest absolute Gasteiger partial charge is 0.188 e. The van der Waals surface area contributed by atoms with Crippen LogP contribution in [-0.2, 0) is 14.6 Å². The van der Waals surface area contributed by atoms with Crippen LogP contribution in [0.3, 0.4) is 0 Å². The Labute approximate surface area is 150 Å². The molecular weight excluding hydrogens is 370 g/mol. The minimum Gasteiger partial charge on any atom is -0.393 e. The Balaban J connectivity index is 2.21. The second kappa shape index (κ2) is 6.67. The van der Waals surface area contributed by atoms with Gasteiger partial charge in [0.15, 0.2) is 9.84 Å². The van der Waals surface area contributed by atoms with E-state index in [2.05, 4.69) is 0 Å². The van der Waals surface area contributed by atoms with Gasteiger partial charge >= 0.3 is 0 Å². The third-order valence-corrected chi connectivity index (χ3v) is 7.62. The molecule has 0 aromatic heterocycles. The molecule has 0 spiro atoms. The molecule has 0 aliphatic heterocycles. The predicted octanol–water partition coefficient (Wildman–Crippen LogP) is 4.22. The highest BCUT2D eigenvalue weighted by Gasteiger charge is 2.49. The van der Waals surface area contributed by atoms with Gasteiger partial charge in [0, 0.05) is 10.6 Å². The van der Waals surface area contributed by atoms with Gasteiger partial charge in [0.2, 0.25) is 0 Å². The molecule has 7 heteroatoms. The van der Waals surface area contributed by atoms with Crippen LogP contribution in [0.5, 0.6) is 0 Å². The van der Waals surface area contributed by atoms with Crippen molar-refractivity contribution in [1.29, 1.82) is 0 Å². The molecule has 0 radical (unpaired) electrons. The molecule has 0 saturated heterocycles. The van der Waals surface area contributed by atoms with Crippen molar-refractivity contribution in [3.63, 3.8) is 0 Å². The van der Waals surface area contributed by atoms with E-state index in [0.717, 1.165) is 18.2 Å². The number of hydrogen-bond acceptors (Lipinski definition) is 3. The summed E-state index contributed by atoms with van der Waals surface area (Å²) in [6.07, 6.45) is -0.227. The fraction of sp³-hybridized carbons (Fsp3) is 0.333. The van der Waals surface area contributed by atoms with Crippen LogP contribution in [-0.4, -0.2) is 19.6 Å². The van der Waals surface area contributed by atoms with Gasteiger partial charge in [-0.2, -0.15) is 0 Å². The van der Waals surface area contributed by atoms with Gasteiger partial charge in [-0.1, -0.05) is 11.6 Å². The zero-order chi connectivity index (χ0) is 18.2. The van der Waals surface area contributed by atoms with Crippen LogP contribution >= 0.6 is 11.6 Å². The summed E-state index contributed by atoms with van der Waals surface area (Å²) in [5, 5.41) is 10.2. The molecule has 1 fully saturated rings. The third-order valence-electron chi connectivity index (χ3n) is 4.82. The fourth-order valence-electron chi connectivity index (χ4n) is 3.44. The number of aliphatic hydroxyl groups excluding tert-OH is 1. The molecule has 134 valence electrons. The molecule has 0 unspecified atom stereocenters. The van der Waals surface area contributed by atoms with Gasteiger partial charge in [0.05, 0.1) is 11.0 Å². The monoisotopic (exact) mass is 386 g/mol. The Morgan fingerprint density at radius 3 is 2.24 bits per heavy atom. The molecule has 1 N–H and O–H groups in total. The second-order valence-electron chi connectivity index (χ2n) is 6.31. The summed E-state index contributed by atoms with van der Waals surface area (Å²) < 4.78 is 53.4. The quantitative estimate of drug-likeness (QED) is 0.859. The summed E-state index contributed by atoms with van der Waals surface area (Å²) in [5.74, 6) is -1.47. The van der Waals surface area contributed by atoms with Crippen molar-refractivity contribution in [2.45, 2.75) is 41.4 Å². The SMILES string of the molecule is O=S(=O)(c1ccc(Cl)cc1)[C@]1(c2cc(F)ccc2F)CC[C@H](O)CC1. The Hall–Kier alpha value is -1.50. The molecular formula is C18H17ClF2O3S. The highest BCUT2D eigenvalue weighted by Crippen LogP contribution is 2.48. The molecule has 1 aliphatic rings. The van der Waals surface area contributed by atoms with E-state index in [1.54, 1.807) is 0 Å². The Morgan fingerprint density at radius 1 is 1.04 bits per heavy atom. The van der Waals surface area contributed by atoms with Crippen LogP contribution < -0.4 is 0 Å². The number of rotatable bonds is 3. The average Bonchev–Trinajstić information content (AvgIpc) is 2.58. The maximum absolute atomic E-state index is 14.5. The van der Waals surface area contributed by atoms with Crippen molar-refractivity contribution in [1.82, 2.24) is 0 Å². The summed E-state index contributed by atoms with van der Waals surface area (Å²) in [4.78, 5) is -0.00282. The molecule has 0 bridgehead atoms. The van der Waals surface area contributed by atoms with Gasteiger partial charge in [-0.05, 0) is 68.1 Å². The lowest BCUT2D eigenvalue weighted by Crippen LogP contribution is -2.41. The second-order valence-corrected chi connectivity index (χ2v) is 9.00. The van der Waals surface area contributed by atoms with E-state index in [0.29, 0.717) is 5.02 Å². The molecule has 3 rings (SSSR count). The molecule has 2 aromatic carbocycles. The Kier molecular flexibility index (Phi) is 4.88. The van der Waals surface area contributed by atoms with Crippen molar-refractivity contribution in [3.05, 3.63) is 64.7 Å². The van der Waals surface area contributed by atoms with Crippen molar-refractivity contribution in [3.8, 4) is 0 Å². The van der Waals surface area contributed by atoms with E-state index in [1.165, 1.54) is 24.3 Å². The standard InChI is InChI=1S/C18H17ClF2O3S/c19-12-1-4-15(5-2-12)25(23,24)18(9-7-14(22)8-10-18)16-11-13(20)3-6-17(16)21/h1-6,11,14,22H,7-10H2/t14-,18+. The van der Waals surface area contributed by atoms with Gasteiger partial charge < -0.3 is 5.11 Å². The normalized spacial score (nSPS) is 24.2. The van der Waals surface area contributed by atoms with E-state index in [-0.39, 0.29) is 36.1 Å². The maximum atomic E-state index is 14.5. The number of hydrogen-bond donors (Lipinski definition) is 1. The first-order valence-electron chi connectivity index (χ1n) is 7.90. The van der Waals surface area contributed by atoms with E-state index in [4.69, 9.17) is 11.6 Å². The molecule has 0 heterocycles. The van der Waals surface area contributed by atoms with Crippen LogP contribution in [0.2, 0.25) is 5.02 Å². The van der Waals surface area contributed by atoms with Crippen LogP contribution in [0.25, 0.3) is 0 Å². The van der Waals surface area contributed by atoms with Crippen molar-refractivity contribution in [2.75, 3.05) is 0 Å². The van der Waals surface area contributed by atoms with Crippen molar-refractivity contribution < 1.29 is 22.3 Å². The van der Waals surface area contributed by atoms with E-state index >= 15 is 0 Å². The van der Waals surface area contributed by atoms with Gasteiger partial charge in [0.1, 0.15) is 16.4 Å². The van der Waals surface area contributed by atoms with Gasteiger partial charge in [-0.25, -0.2) is 17.2 Å². The van der Waals surface area contributed by atoms with E-state index in [9.17, 15) is 22.3 Å². The summed E-state index contributed by atoms with van der Waals surface area (Å²) in [7, 11) is -4.03. The summed E-state index contributed by atoms with van der Waals surface area (Å²) in [6.45, 7) is 0. The van der Waals surface area contributed by atoms with E-state index in [1.807, 2.05) is 0 Å². The number of sulfone groups is 1. The van der Waals surface area contributed by atoms with Gasteiger partial charge in [0.25, 0.3) is 0 Å². The summed E-state index contributed by atoms with van der Waals surface area (Å²) in [5.41, 5.74) is -0.186. The maximum Gasteiger partial charge on any atom is 0.188 e. The van der Waals surface area contributed by atoms with Crippen LogP contribution in [0.1, 0.15) is 31.2 Å². The number of halogens is 3. The zero-order valence-corrected chi connectivity index (χ0v) is 14.8. The lowest BCUT2D eigenvalue weighted by molar-refractivity contribution is 0.113. The van der Waals surface area contributed by atoms with Crippen molar-refractivity contribution in [2.24, 2.45) is 0 Å². The van der Waals surface area contributed by atoms with Crippen molar-refractivity contribution >= 4 is 21.4 Å². The van der Waals surface area contributed by atoms with Crippen LogP contribution in [0.15, 0.2) is 47.4 Å². The van der Waals surface area contributed by atoms with Crippen LogP contribution in [0, 0.1) is 11.6 Å². The minimum absolute atomic E-state index is 0.00282. The van der Waals surface area contributed by atoms with Gasteiger partial charge in [-0.3, -0.25) is 0 Å². The highest BCUT2D eigenvalue weighted by atomic mass is 35.5. The molecule has 0 amide bonds. The molecule has 1 saturated carbocycles. The highest BCUT2D eigenvalue weighted by molar-refractivity contribution is 7.92. The summed E-state index contributed by atoms with van der Waals surface area (Å²) in [6, 6.07) is 8.46. The summed E-state index contributed by atoms with van der Waals surface area (Å²) >= 11 is 5.83. The molecule has 1 aliphatic carbocycles. The van der Waals surface area contributed by atoms with E-state index < -0.39 is 32.3 Å². The Bertz CT molecular complexity index is 874. The number of benzene rings is 2. The third kappa shape index (κ3) is 3.18. The first kappa shape index (κ1) is 18.3. The number of aliphatic hydroxyl groups is 1. The lowest BCUT2D eigenvalue weighted by Gasteiger charge is -2.39. The topological polar surface area (TPSA) is 54.4 Å². The fourth-order valence-corrected chi connectivity index (χ4v) is 5.73. The predicted molar refractivity (Wildman–Crippen MR) is 91.1 cm³/mol. The Morgan fingerprint density at radius 2 is 1.64 bits per heavy atom. The molecule has 3 nitrogen and oxygen atoms in total. The largest absolute Gasteiger partial charge is 0.393 e. The average molecular weight is 387 g/mol. The van der Waals surface area contributed by atoms with Crippen LogP contribution in [0.4, 0.5) is 8.78 Å². The lowest BCUT2D eigenvalue weighted by atomic mass is 9.81. The molecule has 2 aromatic rings. The molecule has 0 atom stereocenters.